The van der Waals surface area contributed by atoms with Gasteiger partial charge >= 0.3 is 0 Å². The summed E-state index contributed by atoms with van der Waals surface area (Å²) in [5.74, 6) is 0.922. The minimum atomic E-state index is 0.315. The fraction of sp³-hybridized carbons (Fsp3) is 0.467. The van der Waals surface area contributed by atoms with Gasteiger partial charge in [0.2, 0.25) is 0 Å². The van der Waals surface area contributed by atoms with Gasteiger partial charge in [0.05, 0.1) is 0 Å². The van der Waals surface area contributed by atoms with E-state index in [1.165, 1.54) is 10.5 Å². The van der Waals surface area contributed by atoms with Crippen molar-refractivity contribution >= 4 is 27.7 Å². The Balaban J connectivity index is 2.28. The van der Waals surface area contributed by atoms with E-state index < -0.39 is 0 Å². The van der Waals surface area contributed by atoms with E-state index in [-0.39, 0.29) is 0 Å². The van der Waals surface area contributed by atoms with Crippen LogP contribution in [0, 0.1) is 6.92 Å². The van der Waals surface area contributed by atoms with Crippen LogP contribution in [0.25, 0.3) is 0 Å². The quantitative estimate of drug-likeness (QED) is 0.833. The van der Waals surface area contributed by atoms with Gasteiger partial charge in [0.1, 0.15) is 5.82 Å². The summed E-state index contributed by atoms with van der Waals surface area (Å²) in [6, 6.07) is 6.72. The van der Waals surface area contributed by atoms with Crippen molar-refractivity contribution in [2.75, 3.05) is 6.54 Å². The first kappa shape index (κ1) is 16.5. The van der Waals surface area contributed by atoms with Crippen molar-refractivity contribution in [1.82, 2.24) is 20.1 Å². The zero-order chi connectivity index (χ0) is 15.4. The molecule has 0 amide bonds. The van der Waals surface area contributed by atoms with Crippen LogP contribution >= 0.6 is 27.7 Å². The van der Waals surface area contributed by atoms with Gasteiger partial charge in [0.15, 0.2) is 5.16 Å². The summed E-state index contributed by atoms with van der Waals surface area (Å²) < 4.78 is 3.09. The lowest BCUT2D eigenvalue weighted by Crippen LogP contribution is -2.19. The van der Waals surface area contributed by atoms with E-state index in [0.29, 0.717) is 6.04 Å². The van der Waals surface area contributed by atoms with Gasteiger partial charge in [0.25, 0.3) is 0 Å². The molecule has 2 aromatic rings. The van der Waals surface area contributed by atoms with Gasteiger partial charge in [-0.05, 0) is 56.3 Å². The Bertz CT molecular complexity index is 612. The van der Waals surface area contributed by atoms with Gasteiger partial charge in [-0.1, -0.05) is 28.9 Å². The summed E-state index contributed by atoms with van der Waals surface area (Å²) in [5, 5.41) is 12.8. The molecule has 1 aromatic carbocycles. The van der Waals surface area contributed by atoms with Crippen LogP contribution in [0.15, 0.2) is 32.7 Å². The maximum atomic E-state index is 4.24. The lowest BCUT2D eigenvalue weighted by atomic mass is 10.1. The maximum Gasteiger partial charge on any atom is 0.195 e. The van der Waals surface area contributed by atoms with Crippen molar-refractivity contribution < 1.29 is 0 Å². The molecule has 0 aliphatic rings. The molecule has 2 rings (SSSR count). The first-order valence-corrected chi connectivity index (χ1v) is 8.70. The number of hydrogen-bond acceptors (Lipinski definition) is 4. The Hall–Kier alpha value is -0.850. The number of halogens is 1. The van der Waals surface area contributed by atoms with Gasteiger partial charge < -0.3 is 9.88 Å². The Labute approximate surface area is 138 Å². The molecule has 0 saturated heterocycles. The van der Waals surface area contributed by atoms with Gasteiger partial charge in [-0.25, -0.2) is 0 Å². The summed E-state index contributed by atoms with van der Waals surface area (Å²) in [5.41, 5.74) is 1.29. The van der Waals surface area contributed by atoms with Crippen molar-refractivity contribution in [3.05, 3.63) is 34.1 Å². The van der Waals surface area contributed by atoms with Crippen molar-refractivity contribution in [2.24, 2.45) is 7.05 Å². The molecule has 6 heteroatoms. The van der Waals surface area contributed by atoms with E-state index >= 15 is 0 Å². The highest BCUT2D eigenvalue weighted by Gasteiger charge is 2.14. The summed E-state index contributed by atoms with van der Waals surface area (Å²) >= 11 is 5.22. The van der Waals surface area contributed by atoms with Crippen LogP contribution in [0.1, 0.15) is 37.7 Å². The number of nitrogens with one attached hydrogen (secondary N) is 1. The molecule has 1 atom stereocenters. The standard InChI is InChI=1S/C15H21BrN4S/c1-5-8-17-10(2)13-7-6-12(16)9-14(13)21-15-19-18-11(3)20(15)4/h6-7,9-10,17H,5,8H2,1-4H3. The molecule has 1 aromatic heterocycles. The van der Waals surface area contributed by atoms with Crippen LogP contribution < -0.4 is 5.32 Å². The molecule has 0 spiro atoms. The highest BCUT2D eigenvalue weighted by molar-refractivity contribution is 9.10. The first-order valence-electron chi connectivity index (χ1n) is 7.09. The van der Waals surface area contributed by atoms with Crippen LogP contribution in [0.4, 0.5) is 0 Å². The lowest BCUT2D eigenvalue weighted by Gasteiger charge is -2.17. The fourth-order valence-electron chi connectivity index (χ4n) is 2.00. The molecule has 0 saturated carbocycles. The van der Waals surface area contributed by atoms with Crippen molar-refractivity contribution in [1.29, 1.82) is 0 Å². The molecule has 0 aliphatic carbocycles. The van der Waals surface area contributed by atoms with E-state index in [2.05, 4.69) is 63.5 Å². The van der Waals surface area contributed by atoms with E-state index in [1.54, 1.807) is 11.8 Å². The highest BCUT2D eigenvalue weighted by atomic mass is 79.9. The van der Waals surface area contributed by atoms with Crippen molar-refractivity contribution in [3.8, 4) is 0 Å². The zero-order valence-corrected chi connectivity index (χ0v) is 15.3. The largest absolute Gasteiger partial charge is 0.310 e. The van der Waals surface area contributed by atoms with Crippen LogP contribution in [0.3, 0.4) is 0 Å². The molecule has 1 unspecified atom stereocenters. The molecule has 4 nitrogen and oxygen atoms in total. The van der Waals surface area contributed by atoms with Crippen LogP contribution in [-0.2, 0) is 7.05 Å². The maximum absolute atomic E-state index is 4.24. The van der Waals surface area contributed by atoms with Crippen LogP contribution in [0.5, 0.6) is 0 Å². The molecule has 1 N–H and O–H groups in total. The number of aromatic nitrogens is 3. The lowest BCUT2D eigenvalue weighted by molar-refractivity contribution is 0.563. The Morgan fingerprint density at radius 2 is 2.14 bits per heavy atom. The van der Waals surface area contributed by atoms with Crippen LogP contribution in [-0.4, -0.2) is 21.3 Å². The smallest absolute Gasteiger partial charge is 0.195 e. The predicted octanol–water partition coefficient (Wildman–Crippen LogP) is 4.10. The van der Waals surface area contributed by atoms with Gasteiger partial charge in [-0.2, -0.15) is 0 Å². The third-order valence-corrected chi connectivity index (χ3v) is 5.00. The summed E-state index contributed by atoms with van der Waals surface area (Å²) in [6.45, 7) is 7.36. The molecule has 114 valence electrons. The molecular formula is C15H21BrN4S. The zero-order valence-electron chi connectivity index (χ0n) is 12.9. The summed E-state index contributed by atoms with van der Waals surface area (Å²) in [6.07, 6.45) is 1.13. The normalized spacial score (nSPS) is 12.6. The van der Waals surface area contributed by atoms with Gasteiger partial charge in [-0.3, -0.25) is 0 Å². The summed E-state index contributed by atoms with van der Waals surface area (Å²) in [7, 11) is 1.99. The van der Waals surface area contributed by atoms with E-state index in [0.717, 1.165) is 28.4 Å². The predicted molar refractivity (Wildman–Crippen MR) is 90.7 cm³/mol. The average molecular weight is 369 g/mol. The number of hydrogen-bond donors (Lipinski definition) is 1. The SMILES string of the molecule is CCCNC(C)c1ccc(Br)cc1Sc1nnc(C)n1C. The van der Waals surface area contributed by atoms with Crippen molar-refractivity contribution in [2.45, 2.75) is 43.3 Å². The molecule has 0 bridgehead atoms. The highest BCUT2D eigenvalue weighted by Crippen LogP contribution is 2.34. The minimum Gasteiger partial charge on any atom is -0.310 e. The fourth-order valence-corrected chi connectivity index (χ4v) is 3.61. The summed E-state index contributed by atoms with van der Waals surface area (Å²) in [4.78, 5) is 1.20. The van der Waals surface area contributed by atoms with E-state index in [1.807, 2.05) is 18.5 Å². The topological polar surface area (TPSA) is 42.7 Å². The number of aryl methyl sites for hydroxylation is 1. The molecule has 21 heavy (non-hydrogen) atoms. The molecule has 0 fully saturated rings. The second-order valence-corrected chi connectivity index (χ2v) is 6.97. The number of rotatable bonds is 6. The second-order valence-electron chi connectivity index (χ2n) is 5.05. The Kier molecular flexibility index (Phi) is 5.84. The second kappa shape index (κ2) is 7.42. The van der Waals surface area contributed by atoms with E-state index in [4.69, 9.17) is 0 Å². The monoisotopic (exact) mass is 368 g/mol. The Morgan fingerprint density at radius 3 is 2.76 bits per heavy atom. The van der Waals surface area contributed by atoms with Gasteiger partial charge in [-0.15, -0.1) is 10.2 Å². The third-order valence-electron chi connectivity index (χ3n) is 3.40. The molecular weight excluding hydrogens is 348 g/mol. The number of nitrogens with zero attached hydrogens (tertiary/aromatic N) is 3. The molecule has 1 heterocycles. The van der Waals surface area contributed by atoms with Gasteiger partial charge in [0, 0.05) is 22.5 Å². The number of benzene rings is 1. The Morgan fingerprint density at radius 1 is 1.38 bits per heavy atom. The van der Waals surface area contributed by atoms with E-state index in [9.17, 15) is 0 Å². The molecule has 0 radical (unpaired) electrons. The molecule has 0 aliphatic heterocycles. The first-order chi connectivity index (χ1) is 10.0. The van der Waals surface area contributed by atoms with Crippen LogP contribution in [0.2, 0.25) is 0 Å². The average Bonchev–Trinajstić information content (AvgIpc) is 2.77. The minimum absolute atomic E-state index is 0.315. The van der Waals surface area contributed by atoms with Crippen molar-refractivity contribution in [3.63, 3.8) is 0 Å². The third kappa shape index (κ3) is 4.08.